The summed E-state index contributed by atoms with van der Waals surface area (Å²) in [6.45, 7) is 4.13. The molecule has 0 aliphatic carbocycles. The molecule has 0 fully saturated rings. The summed E-state index contributed by atoms with van der Waals surface area (Å²) in [6, 6.07) is 18.8. The van der Waals surface area contributed by atoms with Crippen LogP contribution in [0.15, 0.2) is 65.2 Å². The van der Waals surface area contributed by atoms with Gasteiger partial charge in [0.2, 0.25) is 0 Å². The number of aromatic nitrogens is 1. The number of nitrogens with zero attached hydrogens (tertiary/aromatic N) is 1. The molecule has 3 aromatic rings. The first-order chi connectivity index (χ1) is 12.6. The van der Waals surface area contributed by atoms with Crippen LogP contribution in [0.2, 0.25) is 0 Å². The first-order valence-electron chi connectivity index (χ1n) is 8.55. The van der Waals surface area contributed by atoms with Crippen LogP contribution in [0.3, 0.4) is 0 Å². The van der Waals surface area contributed by atoms with Crippen molar-refractivity contribution in [1.29, 1.82) is 0 Å². The Kier molecular flexibility index (Phi) is 5.37. The lowest BCUT2D eigenvalue weighted by Gasteiger charge is -2.22. The SMILES string of the molecule is COc1ccc(C(NC(=O)c2cc(-c3ccccc3)on2)C(C)C)cc1. The van der Waals surface area contributed by atoms with E-state index >= 15 is 0 Å². The quantitative estimate of drug-likeness (QED) is 0.712. The zero-order valence-corrected chi connectivity index (χ0v) is 15.1. The minimum Gasteiger partial charge on any atom is -0.497 e. The lowest BCUT2D eigenvalue weighted by atomic mass is 9.95. The van der Waals surface area contributed by atoms with Crippen molar-refractivity contribution < 1.29 is 14.1 Å². The van der Waals surface area contributed by atoms with Crippen molar-refractivity contribution in [2.24, 2.45) is 5.92 Å². The molecule has 1 heterocycles. The predicted octanol–water partition coefficient (Wildman–Crippen LogP) is 4.48. The summed E-state index contributed by atoms with van der Waals surface area (Å²) in [4.78, 5) is 12.6. The van der Waals surface area contributed by atoms with Crippen molar-refractivity contribution in [2.75, 3.05) is 7.11 Å². The van der Waals surface area contributed by atoms with Gasteiger partial charge in [-0.05, 0) is 23.6 Å². The van der Waals surface area contributed by atoms with E-state index in [0.717, 1.165) is 16.9 Å². The Morgan fingerprint density at radius 3 is 2.38 bits per heavy atom. The monoisotopic (exact) mass is 350 g/mol. The summed E-state index contributed by atoms with van der Waals surface area (Å²) >= 11 is 0. The van der Waals surface area contributed by atoms with Gasteiger partial charge < -0.3 is 14.6 Å². The third-order valence-electron chi connectivity index (χ3n) is 4.23. The molecule has 1 N–H and O–H groups in total. The van der Waals surface area contributed by atoms with Gasteiger partial charge in [-0.3, -0.25) is 4.79 Å². The fourth-order valence-electron chi connectivity index (χ4n) is 2.78. The van der Waals surface area contributed by atoms with Crippen LogP contribution in [0.25, 0.3) is 11.3 Å². The number of hydrogen-bond acceptors (Lipinski definition) is 4. The van der Waals surface area contributed by atoms with E-state index in [2.05, 4.69) is 24.3 Å². The maximum Gasteiger partial charge on any atom is 0.273 e. The van der Waals surface area contributed by atoms with Crippen LogP contribution in [0.5, 0.6) is 5.75 Å². The zero-order chi connectivity index (χ0) is 18.5. The summed E-state index contributed by atoms with van der Waals surface area (Å²) < 4.78 is 10.5. The molecule has 0 aliphatic rings. The van der Waals surface area contributed by atoms with Crippen LogP contribution in [-0.4, -0.2) is 18.2 Å². The molecule has 26 heavy (non-hydrogen) atoms. The van der Waals surface area contributed by atoms with Gasteiger partial charge in [0.05, 0.1) is 13.2 Å². The molecular formula is C21H22N2O3. The standard InChI is InChI=1S/C21H22N2O3/c1-14(2)20(16-9-11-17(25-3)12-10-16)22-21(24)18-13-19(26-23-18)15-7-5-4-6-8-15/h4-14,20H,1-3H3,(H,22,24). The number of amides is 1. The summed E-state index contributed by atoms with van der Waals surface area (Å²) in [7, 11) is 1.63. The van der Waals surface area contributed by atoms with Gasteiger partial charge in [0.15, 0.2) is 11.5 Å². The van der Waals surface area contributed by atoms with Crippen LogP contribution in [0.1, 0.15) is 35.9 Å². The Morgan fingerprint density at radius 2 is 1.77 bits per heavy atom. The predicted molar refractivity (Wildman–Crippen MR) is 100.0 cm³/mol. The Bertz CT molecular complexity index is 854. The Hall–Kier alpha value is -3.08. The van der Waals surface area contributed by atoms with E-state index in [4.69, 9.17) is 9.26 Å². The molecule has 0 bridgehead atoms. The average Bonchev–Trinajstić information content (AvgIpc) is 3.17. The first kappa shape index (κ1) is 17.7. The normalized spacial score (nSPS) is 12.0. The summed E-state index contributed by atoms with van der Waals surface area (Å²) in [5.41, 5.74) is 2.17. The molecule has 134 valence electrons. The van der Waals surface area contributed by atoms with Gasteiger partial charge in [0, 0.05) is 11.6 Å². The second kappa shape index (κ2) is 7.87. The molecule has 1 aromatic heterocycles. The number of carbonyl (C=O) groups is 1. The van der Waals surface area contributed by atoms with Crippen molar-refractivity contribution >= 4 is 5.91 Å². The molecule has 1 atom stereocenters. The van der Waals surface area contributed by atoms with E-state index in [0.29, 0.717) is 5.76 Å². The van der Waals surface area contributed by atoms with Gasteiger partial charge in [-0.2, -0.15) is 0 Å². The van der Waals surface area contributed by atoms with Crippen molar-refractivity contribution in [3.8, 4) is 17.1 Å². The highest BCUT2D eigenvalue weighted by atomic mass is 16.5. The van der Waals surface area contributed by atoms with Gasteiger partial charge in [0.1, 0.15) is 5.75 Å². The van der Waals surface area contributed by atoms with Crippen LogP contribution in [0, 0.1) is 5.92 Å². The van der Waals surface area contributed by atoms with Crippen LogP contribution < -0.4 is 10.1 Å². The maximum absolute atomic E-state index is 12.6. The lowest BCUT2D eigenvalue weighted by molar-refractivity contribution is 0.0916. The van der Waals surface area contributed by atoms with Gasteiger partial charge >= 0.3 is 0 Å². The number of nitrogens with one attached hydrogen (secondary N) is 1. The molecule has 0 radical (unpaired) electrons. The average molecular weight is 350 g/mol. The number of methoxy groups -OCH3 is 1. The maximum atomic E-state index is 12.6. The fourth-order valence-corrected chi connectivity index (χ4v) is 2.78. The molecule has 0 saturated heterocycles. The van der Waals surface area contributed by atoms with Gasteiger partial charge in [-0.1, -0.05) is 61.5 Å². The van der Waals surface area contributed by atoms with E-state index in [1.807, 2.05) is 54.6 Å². The topological polar surface area (TPSA) is 64.4 Å². The molecule has 0 aliphatic heterocycles. The summed E-state index contributed by atoms with van der Waals surface area (Å²) in [5.74, 6) is 1.31. The Labute approximate surface area is 153 Å². The van der Waals surface area contributed by atoms with Crippen LogP contribution >= 0.6 is 0 Å². The van der Waals surface area contributed by atoms with Crippen molar-refractivity contribution in [1.82, 2.24) is 10.5 Å². The number of carbonyl (C=O) groups excluding carboxylic acids is 1. The minimum atomic E-state index is -0.259. The number of ether oxygens (including phenoxy) is 1. The van der Waals surface area contributed by atoms with Crippen LogP contribution in [0.4, 0.5) is 0 Å². The Morgan fingerprint density at radius 1 is 1.08 bits per heavy atom. The first-order valence-corrected chi connectivity index (χ1v) is 8.55. The largest absolute Gasteiger partial charge is 0.497 e. The van der Waals surface area contributed by atoms with E-state index in [9.17, 15) is 4.79 Å². The highest BCUT2D eigenvalue weighted by Gasteiger charge is 2.21. The summed E-state index contributed by atoms with van der Waals surface area (Å²) in [6.07, 6.45) is 0. The molecule has 0 saturated carbocycles. The fraction of sp³-hybridized carbons (Fsp3) is 0.238. The number of hydrogen-bond donors (Lipinski definition) is 1. The number of benzene rings is 2. The third kappa shape index (κ3) is 3.94. The van der Waals surface area contributed by atoms with E-state index < -0.39 is 0 Å². The van der Waals surface area contributed by atoms with Crippen LogP contribution in [-0.2, 0) is 0 Å². The van der Waals surface area contributed by atoms with Crippen molar-refractivity contribution in [3.63, 3.8) is 0 Å². The second-order valence-electron chi connectivity index (χ2n) is 6.41. The zero-order valence-electron chi connectivity index (χ0n) is 15.1. The van der Waals surface area contributed by atoms with E-state index in [-0.39, 0.29) is 23.6 Å². The molecule has 2 aromatic carbocycles. The highest BCUT2D eigenvalue weighted by molar-refractivity contribution is 5.93. The molecule has 1 amide bonds. The van der Waals surface area contributed by atoms with Gasteiger partial charge in [0.25, 0.3) is 5.91 Å². The van der Waals surface area contributed by atoms with Crippen molar-refractivity contribution in [2.45, 2.75) is 19.9 Å². The van der Waals surface area contributed by atoms with Gasteiger partial charge in [-0.25, -0.2) is 0 Å². The van der Waals surface area contributed by atoms with Gasteiger partial charge in [-0.15, -0.1) is 0 Å². The third-order valence-corrected chi connectivity index (χ3v) is 4.23. The second-order valence-corrected chi connectivity index (χ2v) is 6.41. The Balaban J connectivity index is 1.77. The number of rotatable bonds is 6. The minimum absolute atomic E-state index is 0.134. The van der Waals surface area contributed by atoms with E-state index in [1.165, 1.54) is 0 Å². The van der Waals surface area contributed by atoms with Crippen molar-refractivity contribution in [3.05, 3.63) is 71.9 Å². The van der Waals surface area contributed by atoms with E-state index in [1.54, 1.807) is 13.2 Å². The highest BCUT2D eigenvalue weighted by Crippen LogP contribution is 2.25. The molecule has 1 unspecified atom stereocenters. The molecule has 0 spiro atoms. The lowest BCUT2D eigenvalue weighted by Crippen LogP contribution is -2.31. The smallest absolute Gasteiger partial charge is 0.273 e. The summed E-state index contributed by atoms with van der Waals surface area (Å²) in [5, 5.41) is 6.97. The molecule has 3 rings (SSSR count). The molecule has 5 heteroatoms. The molecule has 5 nitrogen and oxygen atoms in total. The molecular weight excluding hydrogens is 328 g/mol.